The number of rotatable bonds is 7. The third-order valence-electron chi connectivity index (χ3n) is 3.64. The molecule has 0 aliphatic carbocycles. The highest BCUT2D eigenvalue weighted by Gasteiger charge is 2.18. The number of amides is 1. The van der Waals surface area contributed by atoms with E-state index in [1.54, 1.807) is 12.0 Å². The molecule has 106 valence electrons. The molecule has 5 heteroatoms. The SMILES string of the molecule is COC(CN)CC(=O)N(C)CCC1CCOCC1. The lowest BCUT2D eigenvalue weighted by Crippen LogP contribution is -2.35. The number of carbonyl (C=O) groups excluding carboxylic acids is 1. The summed E-state index contributed by atoms with van der Waals surface area (Å²) in [6.07, 6.45) is 3.50. The normalized spacial score (nSPS) is 18.6. The van der Waals surface area contributed by atoms with Crippen LogP contribution in [-0.4, -0.2) is 57.4 Å². The van der Waals surface area contributed by atoms with Gasteiger partial charge in [-0.05, 0) is 25.2 Å². The van der Waals surface area contributed by atoms with Gasteiger partial charge in [0.15, 0.2) is 0 Å². The second kappa shape index (κ2) is 8.45. The van der Waals surface area contributed by atoms with Crippen molar-refractivity contribution in [3.8, 4) is 0 Å². The van der Waals surface area contributed by atoms with Crippen LogP contribution >= 0.6 is 0 Å². The molecule has 2 N–H and O–H groups in total. The Bertz CT molecular complexity index is 238. The Morgan fingerprint density at radius 2 is 2.17 bits per heavy atom. The summed E-state index contributed by atoms with van der Waals surface area (Å²) in [5, 5.41) is 0. The topological polar surface area (TPSA) is 64.8 Å². The second-order valence-electron chi connectivity index (χ2n) is 4.96. The number of hydrogen-bond acceptors (Lipinski definition) is 4. The molecular weight excluding hydrogens is 232 g/mol. The van der Waals surface area contributed by atoms with Crippen LogP contribution in [0.25, 0.3) is 0 Å². The Hall–Kier alpha value is -0.650. The van der Waals surface area contributed by atoms with Crippen molar-refractivity contribution in [2.45, 2.75) is 31.8 Å². The fraction of sp³-hybridized carbons (Fsp3) is 0.923. The average molecular weight is 258 g/mol. The molecule has 0 aromatic heterocycles. The van der Waals surface area contributed by atoms with Crippen molar-refractivity contribution in [3.05, 3.63) is 0 Å². The van der Waals surface area contributed by atoms with Crippen LogP contribution in [-0.2, 0) is 14.3 Å². The maximum atomic E-state index is 11.9. The Labute approximate surface area is 110 Å². The number of ether oxygens (including phenoxy) is 2. The number of nitrogens with zero attached hydrogens (tertiary/aromatic N) is 1. The van der Waals surface area contributed by atoms with Gasteiger partial charge in [-0.15, -0.1) is 0 Å². The van der Waals surface area contributed by atoms with Crippen LogP contribution in [0.4, 0.5) is 0 Å². The predicted molar refractivity (Wildman–Crippen MR) is 70.3 cm³/mol. The van der Waals surface area contributed by atoms with E-state index < -0.39 is 0 Å². The van der Waals surface area contributed by atoms with Gasteiger partial charge in [0, 0.05) is 40.5 Å². The fourth-order valence-corrected chi connectivity index (χ4v) is 2.15. The molecule has 0 aromatic rings. The lowest BCUT2D eigenvalue weighted by atomic mass is 9.96. The van der Waals surface area contributed by atoms with E-state index in [1.165, 1.54) is 0 Å². The summed E-state index contributed by atoms with van der Waals surface area (Å²) >= 11 is 0. The number of nitrogens with two attached hydrogens (primary N) is 1. The lowest BCUT2D eigenvalue weighted by Gasteiger charge is -2.25. The van der Waals surface area contributed by atoms with Crippen LogP contribution in [0.3, 0.4) is 0 Å². The first-order chi connectivity index (χ1) is 8.67. The highest BCUT2D eigenvalue weighted by atomic mass is 16.5. The van der Waals surface area contributed by atoms with E-state index in [-0.39, 0.29) is 12.0 Å². The molecule has 1 rings (SSSR count). The minimum atomic E-state index is -0.164. The number of hydrogen-bond donors (Lipinski definition) is 1. The van der Waals surface area contributed by atoms with E-state index in [0.29, 0.717) is 18.9 Å². The van der Waals surface area contributed by atoms with E-state index in [0.717, 1.165) is 39.0 Å². The van der Waals surface area contributed by atoms with Crippen molar-refractivity contribution in [2.75, 3.05) is 40.5 Å². The van der Waals surface area contributed by atoms with Gasteiger partial charge in [-0.2, -0.15) is 0 Å². The Morgan fingerprint density at radius 3 is 2.72 bits per heavy atom. The molecule has 0 aromatic carbocycles. The highest BCUT2D eigenvalue weighted by Crippen LogP contribution is 2.18. The van der Waals surface area contributed by atoms with Gasteiger partial charge in [-0.1, -0.05) is 0 Å². The van der Waals surface area contributed by atoms with Crippen LogP contribution < -0.4 is 5.73 Å². The average Bonchev–Trinajstić information content (AvgIpc) is 2.42. The van der Waals surface area contributed by atoms with Gasteiger partial charge in [0.05, 0.1) is 12.5 Å². The van der Waals surface area contributed by atoms with Gasteiger partial charge in [-0.3, -0.25) is 4.79 Å². The molecule has 1 heterocycles. The molecule has 1 unspecified atom stereocenters. The zero-order chi connectivity index (χ0) is 13.4. The van der Waals surface area contributed by atoms with E-state index in [2.05, 4.69) is 0 Å². The van der Waals surface area contributed by atoms with Crippen molar-refractivity contribution < 1.29 is 14.3 Å². The molecule has 18 heavy (non-hydrogen) atoms. The summed E-state index contributed by atoms with van der Waals surface area (Å²) in [5.41, 5.74) is 5.51. The van der Waals surface area contributed by atoms with E-state index in [1.807, 2.05) is 7.05 Å². The highest BCUT2D eigenvalue weighted by molar-refractivity contribution is 5.76. The molecule has 1 aliphatic heterocycles. The monoisotopic (exact) mass is 258 g/mol. The minimum absolute atomic E-state index is 0.111. The molecule has 1 aliphatic rings. The molecular formula is C13H26N2O3. The first-order valence-electron chi connectivity index (χ1n) is 6.72. The molecule has 0 bridgehead atoms. The molecule has 0 spiro atoms. The van der Waals surface area contributed by atoms with Gasteiger partial charge in [0.2, 0.25) is 5.91 Å². The smallest absolute Gasteiger partial charge is 0.224 e. The molecule has 1 fully saturated rings. The van der Waals surface area contributed by atoms with Crippen LogP contribution in [0.1, 0.15) is 25.7 Å². The van der Waals surface area contributed by atoms with Crippen molar-refractivity contribution >= 4 is 5.91 Å². The summed E-state index contributed by atoms with van der Waals surface area (Å²) < 4.78 is 10.5. The van der Waals surface area contributed by atoms with Crippen LogP contribution in [0.5, 0.6) is 0 Å². The van der Waals surface area contributed by atoms with Gasteiger partial charge in [0.25, 0.3) is 0 Å². The largest absolute Gasteiger partial charge is 0.381 e. The third-order valence-corrected chi connectivity index (χ3v) is 3.64. The van der Waals surface area contributed by atoms with Crippen molar-refractivity contribution in [3.63, 3.8) is 0 Å². The molecule has 0 saturated carbocycles. The standard InChI is InChI=1S/C13H26N2O3/c1-15(13(16)9-12(10-14)17-2)6-3-11-4-7-18-8-5-11/h11-12H,3-10,14H2,1-2H3. The van der Waals surface area contributed by atoms with Gasteiger partial charge < -0.3 is 20.1 Å². The van der Waals surface area contributed by atoms with Gasteiger partial charge >= 0.3 is 0 Å². The minimum Gasteiger partial charge on any atom is -0.381 e. The summed E-state index contributed by atoms with van der Waals surface area (Å²) in [4.78, 5) is 13.7. The first kappa shape index (κ1) is 15.4. The van der Waals surface area contributed by atoms with E-state index in [9.17, 15) is 4.79 Å². The van der Waals surface area contributed by atoms with Crippen LogP contribution in [0.15, 0.2) is 0 Å². The van der Waals surface area contributed by atoms with Crippen LogP contribution in [0, 0.1) is 5.92 Å². The lowest BCUT2D eigenvalue weighted by molar-refractivity contribution is -0.132. The molecule has 1 amide bonds. The maximum Gasteiger partial charge on any atom is 0.224 e. The maximum absolute atomic E-state index is 11.9. The quantitative estimate of drug-likeness (QED) is 0.727. The first-order valence-corrected chi connectivity index (χ1v) is 6.72. The molecule has 0 radical (unpaired) electrons. The van der Waals surface area contributed by atoms with E-state index in [4.69, 9.17) is 15.2 Å². The third kappa shape index (κ3) is 5.33. The number of carbonyl (C=O) groups is 1. The Kier molecular flexibility index (Phi) is 7.23. The van der Waals surface area contributed by atoms with Crippen molar-refractivity contribution in [2.24, 2.45) is 11.7 Å². The summed E-state index contributed by atoms with van der Waals surface area (Å²) in [6, 6.07) is 0. The fourth-order valence-electron chi connectivity index (χ4n) is 2.15. The predicted octanol–water partition coefficient (Wildman–Crippen LogP) is 0.625. The van der Waals surface area contributed by atoms with E-state index >= 15 is 0 Å². The summed E-state index contributed by atoms with van der Waals surface area (Å²) in [5.74, 6) is 0.807. The zero-order valence-electron chi connectivity index (χ0n) is 11.6. The van der Waals surface area contributed by atoms with Crippen LogP contribution in [0.2, 0.25) is 0 Å². The van der Waals surface area contributed by atoms with Crippen molar-refractivity contribution in [1.29, 1.82) is 0 Å². The van der Waals surface area contributed by atoms with Gasteiger partial charge in [0.1, 0.15) is 0 Å². The molecule has 5 nitrogen and oxygen atoms in total. The molecule has 1 saturated heterocycles. The number of methoxy groups -OCH3 is 1. The second-order valence-corrected chi connectivity index (χ2v) is 4.96. The summed E-state index contributed by atoms with van der Waals surface area (Å²) in [7, 11) is 3.44. The van der Waals surface area contributed by atoms with Gasteiger partial charge in [-0.25, -0.2) is 0 Å². The van der Waals surface area contributed by atoms with Crippen molar-refractivity contribution in [1.82, 2.24) is 4.90 Å². The Morgan fingerprint density at radius 1 is 1.50 bits per heavy atom. The Balaban J connectivity index is 2.22. The zero-order valence-corrected chi connectivity index (χ0v) is 11.6. The summed E-state index contributed by atoms with van der Waals surface area (Å²) in [6.45, 7) is 2.92. The molecule has 1 atom stereocenters.